The summed E-state index contributed by atoms with van der Waals surface area (Å²) in [5.41, 5.74) is 0.844. The van der Waals surface area contributed by atoms with Gasteiger partial charge in [-0.05, 0) is 48.0 Å². The average molecular weight is 670 g/mol. The Morgan fingerprint density at radius 2 is 1.79 bits per heavy atom. The van der Waals surface area contributed by atoms with E-state index in [1.807, 2.05) is 30.3 Å². The van der Waals surface area contributed by atoms with E-state index < -0.39 is 15.9 Å². The lowest BCUT2D eigenvalue weighted by atomic mass is 9.95. The van der Waals surface area contributed by atoms with Crippen molar-refractivity contribution < 1.29 is 17.9 Å². The molecule has 1 N–H and O–H groups in total. The van der Waals surface area contributed by atoms with Crippen LogP contribution in [0.3, 0.4) is 0 Å². The third-order valence-electron chi connectivity index (χ3n) is 5.66. The van der Waals surface area contributed by atoms with Crippen LogP contribution in [0, 0.1) is 0 Å². The zero-order chi connectivity index (χ0) is 28.0. The van der Waals surface area contributed by atoms with E-state index in [1.165, 1.54) is 34.8 Å². The molecule has 4 aromatic rings. The van der Waals surface area contributed by atoms with Gasteiger partial charge >= 0.3 is 0 Å². The van der Waals surface area contributed by atoms with Gasteiger partial charge in [0.2, 0.25) is 21.1 Å². The SMILES string of the molecule is CN(C[C@H](CC(=O)Nc1nnc(COc2ccc(Cl)cc2Cl)s1)c1ccccc1)S(=O)(=O)c1ccc(Br)cc1. The zero-order valence-corrected chi connectivity index (χ0v) is 25.3. The first kappa shape index (κ1) is 29.4. The van der Waals surface area contributed by atoms with Gasteiger partial charge in [-0.15, -0.1) is 10.2 Å². The van der Waals surface area contributed by atoms with Crippen LogP contribution in [-0.2, 0) is 21.4 Å². The summed E-state index contributed by atoms with van der Waals surface area (Å²) >= 11 is 16.5. The van der Waals surface area contributed by atoms with Crippen LogP contribution in [0.1, 0.15) is 22.9 Å². The largest absolute Gasteiger partial charge is 0.485 e. The van der Waals surface area contributed by atoms with Gasteiger partial charge in [0.15, 0.2) is 5.01 Å². The maximum atomic E-state index is 13.2. The molecule has 8 nitrogen and oxygen atoms in total. The number of ether oxygens (including phenoxy) is 1. The van der Waals surface area contributed by atoms with Crippen molar-refractivity contribution in [3.05, 3.63) is 97.9 Å². The second-order valence-corrected chi connectivity index (χ2v) is 13.3. The number of likely N-dealkylation sites (N-methyl/N-ethyl adjacent to an activating group) is 1. The second-order valence-electron chi connectivity index (χ2n) is 8.46. The minimum atomic E-state index is -3.76. The molecule has 1 amide bonds. The van der Waals surface area contributed by atoms with Gasteiger partial charge < -0.3 is 10.1 Å². The molecule has 0 spiro atoms. The number of hydrogen-bond acceptors (Lipinski definition) is 7. The minimum Gasteiger partial charge on any atom is -0.485 e. The number of hydrogen-bond donors (Lipinski definition) is 1. The number of sulfonamides is 1. The van der Waals surface area contributed by atoms with Crippen molar-refractivity contribution in [3.8, 4) is 5.75 Å². The number of benzene rings is 3. The van der Waals surface area contributed by atoms with E-state index in [0.717, 1.165) is 10.0 Å². The molecule has 0 saturated carbocycles. The van der Waals surface area contributed by atoms with Gasteiger partial charge in [0.1, 0.15) is 12.4 Å². The quantitative estimate of drug-likeness (QED) is 0.193. The van der Waals surface area contributed by atoms with Crippen LogP contribution < -0.4 is 10.1 Å². The van der Waals surface area contributed by atoms with Crippen LogP contribution in [-0.4, -0.2) is 42.4 Å². The molecule has 0 fully saturated rings. The molecule has 3 aromatic carbocycles. The van der Waals surface area contributed by atoms with E-state index in [4.69, 9.17) is 27.9 Å². The smallest absolute Gasteiger partial charge is 0.242 e. The summed E-state index contributed by atoms with van der Waals surface area (Å²) in [5.74, 6) is -0.262. The van der Waals surface area contributed by atoms with E-state index in [-0.39, 0.29) is 30.4 Å². The molecule has 0 aliphatic rings. The molecular weight excluding hydrogens is 647 g/mol. The predicted octanol–water partition coefficient (Wildman–Crippen LogP) is 6.62. The van der Waals surface area contributed by atoms with Crippen molar-refractivity contribution >= 4 is 71.5 Å². The molecule has 0 radical (unpaired) electrons. The Labute approximate surface area is 249 Å². The fourth-order valence-corrected chi connectivity index (χ4v) is 6.31. The van der Waals surface area contributed by atoms with Crippen LogP contribution in [0.15, 0.2) is 82.2 Å². The van der Waals surface area contributed by atoms with Gasteiger partial charge in [-0.25, -0.2) is 12.7 Å². The highest BCUT2D eigenvalue weighted by Gasteiger charge is 2.26. The average Bonchev–Trinajstić information content (AvgIpc) is 3.35. The van der Waals surface area contributed by atoms with Gasteiger partial charge in [-0.2, -0.15) is 0 Å². The molecule has 39 heavy (non-hydrogen) atoms. The van der Waals surface area contributed by atoms with Crippen LogP contribution in [0.5, 0.6) is 5.75 Å². The third-order valence-corrected chi connectivity index (χ3v) is 9.37. The number of nitrogens with one attached hydrogen (secondary N) is 1. The lowest BCUT2D eigenvalue weighted by Gasteiger charge is -2.24. The zero-order valence-electron chi connectivity index (χ0n) is 20.6. The van der Waals surface area contributed by atoms with Crippen molar-refractivity contribution in [2.45, 2.75) is 23.8 Å². The van der Waals surface area contributed by atoms with Gasteiger partial charge in [0, 0.05) is 35.4 Å². The monoisotopic (exact) mass is 668 g/mol. The highest BCUT2D eigenvalue weighted by molar-refractivity contribution is 9.10. The fourth-order valence-electron chi connectivity index (χ4n) is 3.70. The molecule has 13 heteroatoms. The molecule has 0 aliphatic carbocycles. The summed E-state index contributed by atoms with van der Waals surface area (Å²) in [4.78, 5) is 13.2. The van der Waals surface area contributed by atoms with Crippen molar-refractivity contribution in [2.75, 3.05) is 18.9 Å². The first-order chi connectivity index (χ1) is 18.6. The molecule has 204 valence electrons. The van der Waals surface area contributed by atoms with Gasteiger partial charge in [-0.3, -0.25) is 4.79 Å². The van der Waals surface area contributed by atoms with Crippen molar-refractivity contribution in [1.29, 1.82) is 0 Å². The van der Waals surface area contributed by atoms with Gasteiger partial charge in [-0.1, -0.05) is 80.8 Å². The number of anilines is 1. The number of nitrogens with zero attached hydrogens (tertiary/aromatic N) is 3. The molecule has 0 saturated heterocycles. The van der Waals surface area contributed by atoms with Crippen molar-refractivity contribution in [3.63, 3.8) is 0 Å². The standard InChI is InChI=1S/C26H23BrCl2N4O4S2/c1-33(39(35,36)21-10-7-19(27)8-11-21)15-18(17-5-3-2-4-6-17)13-24(34)30-26-32-31-25(38-26)16-37-23-12-9-20(28)14-22(23)29/h2-12,14,18H,13,15-16H2,1H3,(H,30,32,34)/t18-/m0/s1. The normalized spacial score (nSPS) is 12.3. The molecular formula is C26H23BrCl2N4O4S2. The lowest BCUT2D eigenvalue weighted by molar-refractivity contribution is -0.116. The second kappa shape index (κ2) is 13.2. The Hall–Kier alpha value is -2.54. The topological polar surface area (TPSA) is 101 Å². The van der Waals surface area contributed by atoms with Crippen molar-refractivity contribution in [1.82, 2.24) is 14.5 Å². The fraction of sp³-hybridized carbons (Fsp3) is 0.192. The van der Waals surface area contributed by atoms with E-state index in [9.17, 15) is 13.2 Å². The van der Waals surface area contributed by atoms with Gasteiger partial charge in [0.05, 0.1) is 9.92 Å². The highest BCUT2D eigenvalue weighted by Crippen LogP contribution is 2.29. The minimum absolute atomic E-state index is 0.0377. The third kappa shape index (κ3) is 8.00. The van der Waals surface area contributed by atoms with E-state index >= 15 is 0 Å². The molecule has 0 aliphatic heterocycles. The molecule has 0 unspecified atom stereocenters. The summed E-state index contributed by atoms with van der Waals surface area (Å²) in [6.07, 6.45) is 0.0377. The van der Waals surface area contributed by atoms with E-state index in [2.05, 4.69) is 31.4 Å². The highest BCUT2D eigenvalue weighted by atomic mass is 79.9. The van der Waals surface area contributed by atoms with E-state index in [0.29, 0.717) is 25.9 Å². The number of aromatic nitrogens is 2. The Bertz CT molecular complexity index is 1540. The number of amides is 1. The summed E-state index contributed by atoms with van der Waals surface area (Å²) in [6.45, 7) is 0.215. The number of carbonyl (C=O) groups excluding carboxylic acids is 1. The summed E-state index contributed by atoms with van der Waals surface area (Å²) in [7, 11) is -2.25. The van der Waals surface area contributed by atoms with Gasteiger partial charge in [0.25, 0.3) is 0 Å². The Morgan fingerprint density at radius 1 is 1.08 bits per heavy atom. The molecule has 0 bridgehead atoms. The van der Waals surface area contributed by atoms with E-state index in [1.54, 1.807) is 30.3 Å². The Kier molecular flexibility index (Phi) is 9.97. The molecule has 1 heterocycles. The molecule has 4 rings (SSSR count). The van der Waals surface area contributed by atoms with Crippen LogP contribution in [0.4, 0.5) is 5.13 Å². The Morgan fingerprint density at radius 3 is 2.49 bits per heavy atom. The molecule has 1 aromatic heterocycles. The number of halogens is 3. The number of carbonyl (C=O) groups is 1. The first-order valence-corrected chi connectivity index (χ1v) is 15.4. The van der Waals surface area contributed by atoms with Crippen LogP contribution >= 0.6 is 50.5 Å². The summed E-state index contributed by atoms with van der Waals surface area (Å²) < 4.78 is 34.0. The summed E-state index contributed by atoms with van der Waals surface area (Å²) in [5, 5.41) is 12.6. The first-order valence-electron chi connectivity index (χ1n) is 11.6. The van der Waals surface area contributed by atoms with Crippen molar-refractivity contribution in [2.24, 2.45) is 0 Å². The summed E-state index contributed by atoms with van der Waals surface area (Å²) in [6, 6.07) is 20.7. The maximum Gasteiger partial charge on any atom is 0.242 e. The lowest BCUT2D eigenvalue weighted by Crippen LogP contribution is -2.32. The number of rotatable bonds is 11. The van der Waals surface area contributed by atoms with Crippen LogP contribution in [0.2, 0.25) is 10.0 Å². The maximum absolute atomic E-state index is 13.2. The molecule has 1 atom stereocenters. The predicted molar refractivity (Wildman–Crippen MR) is 157 cm³/mol. The van der Waals surface area contributed by atoms with Crippen LogP contribution in [0.25, 0.3) is 0 Å². The Balaban J connectivity index is 1.41.